The van der Waals surface area contributed by atoms with Crippen LogP contribution in [-0.2, 0) is 0 Å². The van der Waals surface area contributed by atoms with E-state index >= 15 is 0 Å². The van der Waals surface area contributed by atoms with Crippen LogP contribution in [0.25, 0.3) is 55.0 Å². The first-order chi connectivity index (χ1) is 18.2. The summed E-state index contributed by atoms with van der Waals surface area (Å²) in [5.41, 5.74) is 20.5. The third-order valence-corrected chi connectivity index (χ3v) is 7.34. The molecule has 0 radical (unpaired) electrons. The van der Waals surface area contributed by atoms with E-state index in [0.717, 1.165) is 66.1 Å². The van der Waals surface area contributed by atoms with Crippen LogP contribution < -0.4 is 11.5 Å². The van der Waals surface area contributed by atoms with Crippen LogP contribution in [0.5, 0.6) is 0 Å². The Morgan fingerprint density at radius 3 is 1.27 bits per heavy atom. The van der Waals surface area contributed by atoms with Gasteiger partial charge in [-0.1, -0.05) is 84.9 Å². The lowest BCUT2D eigenvalue weighted by Crippen LogP contribution is -2.23. The molecule has 0 amide bonds. The van der Waals surface area contributed by atoms with Gasteiger partial charge in [0.2, 0.25) is 0 Å². The van der Waals surface area contributed by atoms with Gasteiger partial charge in [0, 0.05) is 38.9 Å². The van der Waals surface area contributed by atoms with Crippen molar-refractivity contribution in [3.63, 3.8) is 0 Å². The second-order valence-electron chi connectivity index (χ2n) is 9.35. The number of hydrogen-bond donors (Lipinski definition) is 3. The summed E-state index contributed by atoms with van der Waals surface area (Å²) >= 11 is 0. The first kappa shape index (κ1) is 21.6. The molecule has 0 saturated heterocycles. The molecule has 5 nitrogen and oxygen atoms in total. The lowest BCUT2D eigenvalue weighted by atomic mass is 10.0. The number of benzene rings is 5. The second-order valence-corrected chi connectivity index (χ2v) is 9.35. The average molecular weight is 480 g/mol. The van der Waals surface area contributed by atoms with Crippen molar-refractivity contribution in [1.29, 1.82) is 5.41 Å². The minimum atomic E-state index is -0.707. The molecule has 0 saturated carbocycles. The van der Waals surface area contributed by atoms with E-state index in [4.69, 9.17) is 16.9 Å². The largest absolute Gasteiger partial charge is 0.312 e. The highest BCUT2D eigenvalue weighted by Crippen LogP contribution is 2.40. The molecule has 178 valence electrons. The number of nitrogens with zero attached hydrogens (tertiary/aromatic N) is 2. The third-order valence-electron chi connectivity index (χ3n) is 7.34. The van der Waals surface area contributed by atoms with Crippen molar-refractivity contribution in [2.45, 2.75) is 6.17 Å². The number of nitrogens with two attached hydrogens (primary N) is 2. The molecule has 0 spiro atoms. The molecule has 37 heavy (non-hydrogen) atoms. The molecule has 0 bridgehead atoms. The molecule has 0 aliphatic rings. The maximum absolute atomic E-state index is 8.42. The fraction of sp³-hybridized carbons (Fsp3) is 0.0312. The summed E-state index contributed by atoms with van der Waals surface area (Å²) in [6.45, 7) is 0. The Kier molecular flexibility index (Phi) is 4.76. The zero-order valence-corrected chi connectivity index (χ0v) is 20.1. The van der Waals surface area contributed by atoms with Gasteiger partial charge in [-0.3, -0.25) is 0 Å². The zero-order chi connectivity index (χ0) is 25.1. The molecule has 2 aromatic heterocycles. The van der Waals surface area contributed by atoms with Gasteiger partial charge in [-0.15, -0.1) is 0 Å². The van der Waals surface area contributed by atoms with E-state index in [1.165, 1.54) is 6.21 Å². The third kappa shape index (κ3) is 3.02. The van der Waals surface area contributed by atoms with E-state index in [-0.39, 0.29) is 0 Å². The molecule has 0 aliphatic heterocycles. The normalized spacial score (nSPS) is 11.9. The van der Waals surface area contributed by atoms with Gasteiger partial charge in [-0.25, -0.2) is 0 Å². The molecule has 7 rings (SSSR count). The summed E-state index contributed by atoms with van der Waals surface area (Å²) in [4.78, 5) is 0. The van der Waals surface area contributed by atoms with Gasteiger partial charge in [-0.2, -0.15) is 0 Å². The average Bonchev–Trinajstić information content (AvgIpc) is 3.45. The van der Waals surface area contributed by atoms with Crippen LogP contribution in [0.3, 0.4) is 0 Å². The summed E-state index contributed by atoms with van der Waals surface area (Å²) in [5.74, 6) is 0. The monoisotopic (exact) mass is 479 g/mol. The van der Waals surface area contributed by atoms with Crippen molar-refractivity contribution in [2.75, 3.05) is 0 Å². The minimum absolute atomic E-state index is 0.707. The number of aromatic nitrogens is 2. The second kappa shape index (κ2) is 8.17. The van der Waals surface area contributed by atoms with E-state index in [2.05, 4.69) is 106 Å². The van der Waals surface area contributed by atoms with Crippen molar-refractivity contribution < 1.29 is 0 Å². The summed E-state index contributed by atoms with van der Waals surface area (Å²) in [6, 6.07) is 37.5. The topological polar surface area (TPSA) is 85.8 Å². The summed E-state index contributed by atoms with van der Waals surface area (Å²) in [5, 5.41) is 13.0. The molecular formula is C32H25N5. The Morgan fingerprint density at radius 2 is 0.892 bits per heavy atom. The Hall–Kier alpha value is -4.71. The van der Waals surface area contributed by atoms with E-state index in [0.29, 0.717) is 0 Å². The fourth-order valence-corrected chi connectivity index (χ4v) is 5.79. The van der Waals surface area contributed by atoms with Crippen molar-refractivity contribution in [3.8, 4) is 11.4 Å². The van der Waals surface area contributed by atoms with E-state index in [1.807, 2.05) is 12.1 Å². The Balaban J connectivity index is 1.76. The van der Waals surface area contributed by atoms with Gasteiger partial charge in [-0.05, 0) is 24.3 Å². The van der Waals surface area contributed by atoms with Gasteiger partial charge in [0.05, 0.1) is 39.6 Å². The highest BCUT2D eigenvalue weighted by molar-refractivity contribution is 6.12. The number of hydrogen-bond acceptors (Lipinski definition) is 3. The van der Waals surface area contributed by atoms with Crippen LogP contribution in [0.2, 0.25) is 0 Å². The van der Waals surface area contributed by atoms with Crippen molar-refractivity contribution in [2.24, 2.45) is 11.5 Å². The van der Waals surface area contributed by atoms with E-state index in [1.54, 1.807) is 0 Å². The molecule has 5 aromatic carbocycles. The molecule has 0 unspecified atom stereocenters. The Bertz CT molecular complexity index is 1880. The van der Waals surface area contributed by atoms with Crippen LogP contribution in [0.4, 0.5) is 0 Å². The van der Waals surface area contributed by atoms with Crippen molar-refractivity contribution in [1.82, 2.24) is 9.13 Å². The maximum atomic E-state index is 8.42. The molecule has 5 N–H and O–H groups in total. The van der Waals surface area contributed by atoms with Crippen LogP contribution in [-0.4, -0.2) is 15.3 Å². The molecule has 0 aliphatic carbocycles. The van der Waals surface area contributed by atoms with E-state index < -0.39 is 6.17 Å². The first-order valence-corrected chi connectivity index (χ1v) is 12.3. The molecular weight excluding hydrogens is 454 g/mol. The number of fused-ring (bicyclic) bond motifs is 6. The predicted molar refractivity (Wildman–Crippen MR) is 154 cm³/mol. The minimum Gasteiger partial charge on any atom is -0.312 e. The highest BCUT2D eigenvalue weighted by Gasteiger charge is 2.24. The smallest absolute Gasteiger partial charge is 0.0806 e. The molecule has 0 fully saturated rings. The molecule has 5 heteroatoms. The Labute approximate surface area is 213 Å². The summed E-state index contributed by atoms with van der Waals surface area (Å²) < 4.78 is 4.52. The van der Waals surface area contributed by atoms with E-state index in [9.17, 15) is 0 Å². The molecule has 2 heterocycles. The summed E-state index contributed by atoms with van der Waals surface area (Å²) in [6.07, 6.45) is 0.712. The van der Waals surface area contributed by atoms with Gasteiger partial charge >= 0.3 is 0 Å². The number of para-hydroxylation sites is 4. The van der Waals surface area contributed by atoms with Crippen LogP contribution in [0.15, 0.2) is 109 Å². The lowest BCUT2D eigenvalue weighted by Gasteiger charge is -2.23. The molecule has 7 aromatic rings. The van der Waals surface area contributed by atoms with Crippen LogP contribution in [0, 0.1) is 5.41 Å². The zero-order valence-electron chi connectivity index (χ0n) is 20.1. The fourth-order valence-electron chi connectivity index (χ4n) is 5.79. The lowest BCUT2D eigenvalue weighted by molar-refractivity contribution is 0.765. The highest BCUT2D eigenvalue weighted by atomic mass is 15.1. The summed E-state index contributed by atoms with van der Waals surface area (Å²) in [7, 11) is 0. The van der Waals surface area contributed by atoms with Gasteiger partial charge < -0.3 is 26.0 Å². The molecule has 0 atom stereocenters. The predicted octanol–water partition coefficient (Wildman–Crippen LogP) is 6.79. The maximum Gasteiger partial charge on any atom is 0.0806 e. The quantitative estimate of drug-likeness (QED) is 0.192. The standard InChI is InChI=1S/C32H25N5/c33-19-20-17-18-25(32(34)35)31(37-28-15-7-3-11-23(28)24-12-4-8-16-29(24)37)30(20)36-26-13-5-1-9-21(26)22-10-2-6-14-27(22)36/h1-19,32-33H,34-35H2. The van der Waals surface area contributed by atoms with Crippen LogP contribution in [0.1, 0.15) is 17.3 Å². The SMILES string of the molecule is N=Cc1ccc(C(N)N)c(-n2c3ccccc3c3ccccc32)c1-n1c2ccccc2c2ccccc21. The van der Waals surface area contributed by atoms with Crippen molar-refractivity contribution >= 4 is 49.8 Å². The van der Waals surface area contributed by atoms with Gasteiger partial charge in [0.1, 0.15) is 0 Å². The van der Waals surface area contributed by atoms with Gasteiger partial charge in [0.15, 0.2) is 0 Å². The number of nitrogens with one attached hydrogen (secondary N) is 1. The Morgan fingerprint density at radius 1 is 0.514 bits per heavy atom. The van der Waals surface area contributed by atoms with Crippen LogP contribution >= 0.6 is 0 Å². The first-order valence-electron chi connectivity index (χ1n) is 12.3. The number of rotatable bonds is 4. The van der Waals surface area contributed by atoms with Gasteiger partial charge in [0.25, 0.3) is 0 Å². The van der Waals surface area contributed by atoms with Crippen molar-refractivity contribution in [3.05, 3.63) is 120 Å².